The van der Waals surface area contributed by atoms with Gasteiger partial charge >= 0.3 is 5.97 Å². The third-order valence-corrected chi connectivity index (χ3v) is 6.89. The molecule has 0 spiro atoms. The fourth-order valence-electron chi connectivity index (χ4n) is 3.46. The molecule has 0 saturated carbocycles. The molecule has 1 aliphatic heterocycles. The number of rotatable bonds is 7. The number of hydrogen-bond donors (Lipinski definition) is 0. The Morgan fingerprint density at radius 3 is 2.41 bits per heavy atom. The average Bonchev–Trinajstić information content (AvgIpc) is 3.13. The Hall–Kier alpha value is -3.96. The molecule has 1 saturated heterocycles. The van der Waals surface area contributed by atoms with Gasteiger partial charge in [0.25, 0.3) is 16.8 Å². The van der Waals surface area contributed by atoms with E-state index in [0.717, 1.165) is 22.2 Å². The van der Waals surface area contributed by atoms with Crippen molar-refractivity contribution >= 4 is 56.6 Å². The predicted octanol–water partition coefficient (Wildman–Crippen LogP) is 6.13. The number of halogens is 1. The van der Waals surface area contributed by atoms with Gasteiger partial charge in [-0.2, -0.15) is 0 Å². The minimum Gasteiger partial charge on any atom is -0.493 e. The van der Waals surface area contributed by atoms with Gasteiger partial charge in [0.05, 0.1) is 33.5 Å². The SMILES string of the molecule is COc1cc(/C=C2\SC(=O)N(Cc3ccc([N+](=O)[O-])cc3)C2=O)cc(Br)c1OC(=O)c1ccc(C)cc1. The molecule has 3 aromatic carbocycles. The molecule has 1 aliphatic rings. The maximum atomic E-state index is 12.9. The number of benzene rings is 3. The molecule has 1 heterocycles. The Kier molecular flexibility index (Phi) is 7.74. The van der Waals surface area contributed by atoms with Crippen LogP contribution in [0.3, 0.4) is 0 Å². The number of non-ortho nitro benzene ring substituents is 1. The van der Waals surface area contributed by atoms with Crippen molar-refractivity contribution in [1.82, 2.24) is 4.90 Å². The first-order valence-corrected chi connectivity index (χ1v) is 12.4. The summed E-state index contributed by atoms with van der Waals surface area (Å²) in [5, 5.41) is 10.4. The molecule has 2 amide bonds. The van der Waals surface area contributed by atoms with Crippen LogP contribution in [0.15, 0.2) is 70.0 Å². The maximum Gasteiger partial charge on any atom is 0.343 e. The van der Waals surface area contributed by atoms with Gasteiger partial charge in [0.15, 0.2) is 11.5 Å². The van der Waals surface area contributed by atoms with Gasteiger partial charge in [-0.25, -0.2) is 4.79 Å². The first-order valence-electron chi connectivity index (χ1n) is 10.8. The Morgan fingerprint density at radius 2 is 1.78 bits per heavy atom. The minimum atomic E-state index is -0.556. The van der Waals surface area contributed by atoms with Crippen molar-refractivity contribution in [2.24, 2.45) is 0 Å². The highest BCUT2D eigenvalue weighted by molar-refractivity contribution is 9.10. The monoisotopic (exact) mass is 582 g/mol. The van der Waals surface area contributed by atoms with Gasteiger partial charge in [0.1, 0.15) is 0 Å². The summed E-state index contributed by atoms with van der Waals surface area (Å²) in [5.41, 5.74) is 2.44. The van der Waals surface area contributed by atoms with E-state index in [2.05, 4.69) is 15.9 Å². The summed E-state index contributed by atoms with van der Waals surface area (Å²) >= 11 is 4.18. The van der Waals surface area contributed by atoms with Crippen LogP contribution in [0.5, 0.6) is 11.5 Å². The Balaban J connectivity index is 1.53. The average molecular weight is 583 g/mol. The largest absolute Gasteiger partial charge is 0.493 e. The van der Waals surface area contributed by atoms with Crippen LogP contribution < -0.4 is 9.47 Å². The first kappa shape index (κ1) is 26.1. The Labute approximate surface area is 224 Å². The number of hydrogen-bond acceptors (Lipinski definition) is 8. The molecule has 0 aliphatic carbocycles. The van der Waals surface area contributed by atoms with Crippen LogP contribution in [0.1, 0.15) is 27.0 Å². The summed E-state index contributed by atoms with van der Waals surface area (Å²) in [4.78, 5) is 49.6. The van der Waals surface area contributed by atoms with Crippen molar-refractivity contribution in [3.63, 3.8) is 0 Å². The van der Waals surface area contributed by atoms with Crippen LogP contribution in [0.4, 0.5) is 10.5 Å². The van der Waals surface area contributed by atoms with Crippen LogP contribution >= 0.6 is 27.7 Å². The zero-order chi connectivity index (χ0) is 26.7. The second-order valence-corrected chi connectivity index (χ2v) is 9.83. The molecular formula is C26H19BrN2O7S. The summed E-state index contributed by atoms with van der Waals surface area (Å²) in [6.45, 7) is 1.90. The zero-order valence-corrected chi connectivity index (χ0v) is 22.0. The van der Waals surface area contributed by atoms with Crippen molar-refractivity contribution < 1.29 is 28.8 Å². The molecule has 3 aromatic rings. The molecule has 1 fully saturated rings. The van der Waals surface area contributed by atoms with Crippen LogP contribution in [0.2, 0.25) is 0 Å². The molecule has 37 heavy (non-hydrogen) atoms. The second-order valence-electron chi connectivity index (χ2n) is 7.98. The molecule has 9 nitrogen and oxygen atoms in total. The molecule has 0 atom stereocenters. The van der Waals surface area contributed by atoms with Crippen molar-refractivity contribution in [3.05, 3.63) is 102 Å². The molecule has 0 N–H and O–H groups in total. The number of ether oxygens (including phenoxy) is 2. The number of amides is 2. The van der Waals surface area contributed by atoms with E-state index in [1.54, 1.807) is 42.5 Å². The van der Waals surface area contributed by atoms with Crippen LogP contribution in [-0.2, 0) is 11.3 Å². The van der Waals surface area contributed by atoms with E-state index >= 15 is 0 Å². The third-order valence-electron chi connectivity index (χ3n) is 5.39. The van der Waals surface area contributed by atoms with Crippen LogP contribution in [0.25, 0.3) is 6.08 Å². The number of methoxy groups -OCH3 is 1. The molecule has 0 bridgehead atoms. The molecule has 0 unspecified atom stereocenters. The Morgan fingerprint density at radius 1 is 1.11 bits per heavy atom. The van der Waals surface area contributed by atoms with Gasteiger partial charge in [-0.15, -0.1) is 0 Å². The number of carbonyl (C=O) groups excluding carboxylic acids is 3. The number of thioether (sulfide) groups is 1. The molecule has 11 heteroatoms. The highest BCUT2D eigenvalue weighted by Gasteiger charge is 2.35. The number of nitro groups is 1. The standard InChI is InChI=1S/C26H19BrN2O7S/c1-15-3-7-18(8-4-15)25(31)36-23-20(27)11-17(12-21(23)35-2)13-22-24(30)28(26(32)37-22)14-16-5-9-19(10-6-16)29(33)34/h3-13H,14H2,1-2H3/b22-13-. The normalized spacial score (nSPS) is 14.2. The highest BCUT2D eigenvalue weighted by Crippen LogP contribution is 2.39. The zero-order valence-electron chi connectivity index (χ0n) is 19.6. The first-order chi connectivity index (χ1) is 17.7. The molecule has 0 radical (unpaired) electrons. The number of carbonyl (C=O) groups is 3. The van der Waals surface area contributed by atoms with E-state index in [-0.39, 0.29) is 28.6 Å². The van der Waals surface area contributed by atoms with E-state index in [4.69, 9.17) is 9.47 Å². The molecule has 4 rings (SSSR count). The Bertz CT molecular complexity index is 1440. The summed E-state index contributed by atoms with van der Waals surface area (Å²) in [7, 11) is 1.42. The van der Waals surface area contributed by atoms with Gasteiger partial charge < -0.3 is 9.47 Å². The van der Waals surface area contributed by atoms with Crippen molar-refractivity contribution in [2.75, 3.05) is 7.11 Å². The minimum absolute atomic E-state index is 0.0130. The number of imide groups is 1. The lowest BCUT2D eigenvalue weighted by atomic mass is 10.1. The topological polar surface area (TPSA) is 116 Å². The van der Waals surface area contributed by atoms with Crippen LogP contribution in [-0.4, -0.2) is 34.0 Å². The lowest BCUT2D eigenvalue weighted by molar-refractivity contribution is -0.384. The fraction of sp³-hybridized carbons (Fsp3) is 0.115. The van der Waals surface area contributed by atoms with Crippen LogP contribution in [0, 0.1) is 17.0 Å². The molecular weight excluding hydrogens is 564 g/mol. The van der Waals surface area contributed by atoms with Crippen molar-refractivity contribution in [3.8, 4) is 11.5 Å². The summed E-state index contributed by atoms with van der Waals surface area (Å²) in [5.74, 6) is -0.611. The summed E-state index contributed by atoms with van der Waals surface area (Å²) in [6.07, 6.45) is 1.54. The summed E-state index contributed by atoms with van der Waals surface area (Å²) in [6, 6.07) is 15.8. The van der Waals surface area contributed by atoms with Gasteiger partial charge in [0.2, 0.25) is 0 Å². The lowest BCUT2D eigenvalue weighted by Gasteiger charge is -2.13. The second kappa shape index (κ2) is 11.0. The van der Waals surface area contributed by atoms with Crippen molar-refractivity contribution in [1.29, 1.82) is 0 Å². The maximum absolute atomic E-state index is 12.9. The molecule has 188 valence electrons. The number of nitro benzene ring substituents is 1. The summed E-state index contributed by atoms with van der Waals surface area (Å²) < 4.78 is 11.4. The van der Waals surface area contributed by atoms with E-state index in [1.807, 2.05) is 6.92 Å². The van der Waals surface area contributed by atoms with Crippen molar-refractivity contribution in [2.45, 2.75) is 13.5 Å². The third kappa shape index (κ3) is 5.89. The molecule has 0 aromatic heterocycles. The van der Waals surface area contributed by atoms with E-state index in [9.17, 15) is 24.5 Å². The number of esters is 1. The van der Waals surface area contributed by atoms with Gasteiger partial charge in [-0.05, 0) is 76.1 Å². The smallest absolute Gasteiger partial charge is 0.343 e. The highest BCUT2D eigenvalue weighted by atomic mass is 79.9. The predicted molar refractivity (Wildman–Crippen MR) is 141 cm³/mol. The lowest BCUT2D eigenvalue weighted by Crippen LogP contribution is -2.27. The quantitative estimate of drug-likeness (QED) is 0.107. The van der Waals surface area contributed by atoms with E-state index in [0.29, 0.717) is 21.2 Å². The van der Waals surface area contributed by atoms with E-state index < -0.39 is 22.0 Å². The van der Waals surface area contributed by atoms with Gasteiger partial charge in [0, 0.05) is 12.1 Å². The number of nitrogens with zero attached hydrogens (tertiary/aromatic N) is 2. The number of aryl methyl sites for hydroxylation is 1. The van der Waals surface area contributed by atoms with Gasteiger partial charge in [-0.1, -0.05) is 29.8 Å². The van der Waals surface area contributed by atoms with Gasteiger partial charge in [-0.3, -0.25) is 24.6 Å². The fourth-order valence-corrected chi connectivity index (χ4v) is 4.84. The van der Waals surface area contributed by atoms with E-state index in [1.165, 1.54) is 31.4 Å².